The van der Waals surface area contributed by atoms with Gasteiger partial charge in [0.25, 0.3) is 0 Å². The van der Waals surface area contributed by atoms with Crippen molar-refractivity contribution in [3.05, 3.63) is 35.9 Å². The number of hydrogen-bond acceptors (Lipinski definition) is 4. The van der Waals surface area contributed by atoms with Gasteiger partial charge in [-0.3, -0.25) is 4.79 Å². The number of rotatable bonds is 8. The van der Waals surface area contributed by atoms with E-state index in [4.69, 9.17) is 4.74 Å². The monoisotopic (exact) mass is 236 g/mol. The van der Waals surface area contributed by atoms with Gasteiger partial charge in [-0.15, -0.1) is 0 Å². The molecular weight excluding hydrogens is 216 g/mol. The van der Waals surface area contributed by atoms with Crippen LogP contribution >= 0.6 is 0 Å². The molecule has 2 N–H and O–H groups in total. The van der Waals surface area contributed by atoms with Crippen molar-refractivity contribution < 1.29 is 9.53 Å². The summed E-state index contributed by atoms with van der Waals surface area (Å²) in [6, 6.07) is 10.2. The fourth-order valence-electron chi connectivity index (χ4n) is 1.41. The molecule has 0 radical (unpaired) electrons. The number of hydrogen-bond donors (Lipinski definition) is 2. The number of nitrogens with one attached hydrogen (secondary N) is 2. The number of carbonyl (C=O) groups excluding carboxylic acids is 1. The zero-order valence-electron chi connectivity index (χ0n) is 10.2. The van der Waals surface area contributed by atoms with Crippen LogP contribution in [0.3, 0.4) is 0 Å². The molecule has 0 aromatic heterocycles. The zero-order chi connectivity index (χ0) is 12.3. The largest absolute Gasteiger partial charge is 0.465 e. The predicted octanol–water partition coefficient (Wildman–Crippen LogP) is 0.929. The van der Waals surface area contributed by atoms with Gasteiger partial charge in [0.1, 0.15) is 0 Å². The van der Waals surface area contributed by atoms with E-state index >= 15 is 0 Å². The van der Waals surface area contributed by atoms with E-state index in [0.29, 0.717) is 6.61 Å². The van der Waals surface area contributed by atoms with Gasteiger partial charge >= 0.3 is 5.97 Å². The van der Waals surface area contributed by atoms with Crippen LogP contribution in [0.25, 0.3) is 0 Å². The number of ether oxygens (including phenoxy) is 1. The fraction of sp³-hybridized carbons (Fsp3) is 0.462. The van der Waals surface area contributed by atoms with Gasteiger partial charge in [-0.25, -0.2) is 0 Å². The van der Waals surface area contributed by atoms with Crippen LogP contribution in [0.15, 0.2) is 30.3 Å². The van der Waals surface area contributed by atoms with E-state index in [1.165, 1.54) is 5.56 Å². The van der Waals surface area contributed by atoms with Crippen LogP contribution in [0.5, 0.6) is 0 Å². The van der Waals surface area contributed by atoms with Gasteiger partial charge in [0.2, 0.25) is 0 Å². The maximum absolute atomic E-state index is 11.0. The first-order valence-electron chi connectivity index (χ1n) is 5.94. The summed E-state index contributed by atoms with van der Waals surface area (Å²) in [5.74, 6) is -0.199. The van der Waals surface area contributed by atoms with Crippen molar-refractivity contribution in [1.29, 1.82) is 0 Å². The minimum Gasteiger partial charge on any atom is -0.465 e. The van der Waals surface area contributed by atoms with Crippen LogP contribution < -0.4 is 10.6 Å². The summed E-state index contributed by atoms with van der Waals surface area (Å²) in [7, 11) is 0. The second-order valence-electron chi connectivity index (χ2n) is 3.64. The molecule has 0 saturated carbocycles. The summed E-state index contributed by atoms with van der Waals surface area (Å²) in [5.41, 5.74) is 1.26. The normalized spacial score (nSPS) is 10.2. The molecule has 0 bridgehead atoms. The Morgan fingerprint density at radius 3 is 2.59 bits per heavy atom. The molecule has 4 heteroatoms. The van der Waals surface area contributed by atoms with Crippen LogP contribution in [0.1, 0.15) is 12.5 Å². The molecule has 0 aliphatic heterocycles. The third-order valence-corrected chi connectivity index (χ3v) is 2.23. The Labute approximate surface area is 102 Å². The Morgan fingerprint density at radius 2 is 1.88 bits per heavy atom. The Balaban J connectivity index is 1.96. The number of carbonyl (C=O) groups is 1. The van der Waals surface area contributed by atoms with Crippen molar-refractivity contribution in [2.24, 2.45) is 0 Å². The van der Waals surface area contributed by atoms with Gasteiger partial charge in [-0.2, -0.15) is 0 Å². The maximum Gasteiger partial charge on any atom is 0.319 e. The third kappa shape index (κ3) is 6.71. The summed E-state index contributed by atoms with van der Waals surface area (Å²) in [6.07, 6.45) is 0. The molecule has 0 fully saturated rings. The first-order chi connectivity index (χ1) is 8.33. The number of esters is 1. The second-order valence-corrected chi connectivity index (χ2v) is 3.64. The van der Waals surface area contributed by atoms with Gasteiger partial charge in [0.15, 0.2) is 0 Å². The average molecular weight is 236 g/mol. The average Bonchev–Trinajstić information content (AvgIpc) is 2.35. The summed E-state index contributed by atoms with van der Waals surface area (Å²) < 4.78 is 4.80. The second kappa shape index (κ2) is 8.73. The van der Waals surface area contributed by atoms with Gasteiger partial charge in [0, 0.05) is 19.6 Å². The lowest BCUT2D eigenvalue weighted by molar-refractivity contribution is -0.141. The lowest BCUT2D eigenvalue weighted by Crippen LogP contribution is -2.31. The van der Waals surface area contributed by atoms with Crippen LogP contribution in [0, 0.1) is 0 Å². The van der Waals surface area contributed by atoms with Gasteiger partial charge < -0.3 is 15.4 Å². The van der Waals surface area contributed by atoms with E-state index in [2.05, 4.69) is 22.8 Å². The first kappa shape index (κ1) is 13.7. The molecule has 94 valence electrons. The minimum absolute atomic E-state index is 0.199. The van der Waals surface area contributed by atoms with Gasteiger partial charge in [-0.05, 0) is 12.5 Å². The van der Waals surface area contributed by atoms with Crippen LogP contribution in [-0.4, -0.2) is 32.2 Å². The molecule has 4 nitrogen and oxygen atoms in total. The lowest BCUT2D eigenvalue weighted by atomic mass is 10.2. The van der Waals surface area contributed by atoms with E-state index in [-0.39, 0.29) is 12.5 Å². The van der Waals surface area contributed by atoms with Crippen molar-refractivity contribution in [1.82, 2.24) is 10.6 Å². The molecule has 0 unspecified atom stereocenters. The molecule has 1 aromatic carbocycles. The molecule has 1 aromatic rings. The van der Waals surface area contributed by atoms with Crippen molar-refractivity contribution in [3.8, 4) is 0 Å². The summed E-state index contributed by atoms with van der Waals surface area (Å²) >= 11 is 0. The maximum atomic E-state index is 11.0. The van der Waals surface area contributed by atoms with E-state index < -0.39 is 0 Å². The van der Waals surface area contributed by atoms with Crippen LogP contribution in [-0.2, 0) is 16.1 Å². The van der Waals surface area contributed by atoms with Crippen LogP contribution in [0.2, 0.25) is 0 Å². The molecule has 0 spiro atoms. The molecular formula is C13H20N2O2. The molecule has 0 heterocycles. The quantitative estimate of drug-likeness (QED) is 0.521. The van der Waals surface area contributed by atoms with Crippen molar-refractivity contribution in [2.75, 3.05) is 26.2 Å². The minimum atomic E-state index is -0.199. The molecule has 0 atom stereocenters. The van der Waals surface area contributed by atoms with Gasteiger partial charge in [0.05, 0.1) is 13.2 Å². The van der Waals surface area contributed by atoms with E-state index in [1.54, 1.807) is 6.92 Å². The van der Waals surface area contributed by atoms with Crippen LogP contribution in [0.4, 0.5) is 0 Å². The highest BCUT2D eigenvalue weighted by Gasteiger charge is 1.98. The molecule has 0 aliphatic carbocycles. The highest BCUT2D eigenvalue weighted by molar-refractivity contribution is 5.71. The smallest absolute Gasteiger partial charge is 0.319 e. The standard InChI is InChI=1S/C13H20N2O2/c1-2-17-13(16)11-15-9-8-14-10-12-6-4-3-5-7-12/h3-7,14-15H,2,8-11H2,1H3. The summed E-state index contributed by atoms with van der Waals surface area (Å²) in [6.45, 7) is 4.95. The molecule has 0 saturated heterocycles. The molecule has 17 heavy (non-hydrogen) atoms. The Kier molecular flexibility index (Phi) is 7.02. The van der Waals surface area contributed by atoms with Crippen molar-refractivity contribution >= 4 is 5.97 Å². The van der Waals surface area contributed by atoms with Gasteiger partial charge in [-0.1, -0.05) is 30.3 Å². The van der Waals surface area contributed by atoms with E-state index in [1.807, 2.05) is 18.2 Å². The van der Waals surface area contributed by atoms with Crippen molar-refractivity contribution in [3.63, 3.8) is 0 Å². The first-order valence-corrected chi connectivity index (χ1v) is 5.94. The molecule has 0 aliphatic rings. The van der Waals surface area contributed by atoms with E-state index in [0.717, 1.165) is 19.6 Å². The number of benzene rings is 1. The third-order valence-electron chi connectivity index (χ3n) is 2.23. The van der Waals surface area contributed by atoms with Crippen molar-refractivity contribution in [2.45, 2.75) is 13.5 Å². The topological polar surface area (TPSA) is 50.4 Å². The summed E-state index contributed by atoms with van der Waals surface area (Å²) in [5, 5.41) is 6.31. The Hall–Kier alpha value is -1.39. The Bertz CT molecular complexity index is 314. The SMILES string of the molecule is CCOC(=O)CNCCNCc1ccccc1. The highest BCUT2D eigenvalue weighted by Crippen LogP contribution is 1.96. The Morgan fingerprint density at radius 1 is 1.18 bits per heavy atom. The summed E-state index contributed by atoms with van der Waals surface area (Å²) in [4.78, 5) is 11.0. The highest BCUT2D eigenvalue weighted by atomic mass is 16.5. The predicted molar refractivity (Wildman–Crippen MR) is 67.7 cm³/mol. The molecule has 1 rings (SSSR count). The fourth-order valence-corrected chi connectivity index (χ4v) is 1.41. The zero-order valence-corrected chi connectivity index (χ0v) is 10.2. The lowest BCUT2D eigenvalue weighted by Gasteiger charge is -2.06. The van der Waals surface area contributed by atoms with E-state index in [9.17, 15) is 4.79 Å². The molecule has 0 amide bonds.